The molecule has 3 rings (SSSR count). The monoisotopic (exact) mass is 498 g/mol. The van der Waals surface area contributed by atoms with Gasteiger partial charge in [-0.25, -0.2) is 12.8 Å². The number of hydrogen-bond donors (Lipinski definition) is 1. The van der Waals surface area contributed by atoms with Crippen LogP contribution < -0.4 is 10.1 Å². The van der Waals surface area contributed by atoms with Crippen LogP contribution in [0.2, 0.25) is 0 Å². The number of hydrogen-bond acceptors (Lipinski definition) is 9. The zero-order valence-corrected chi connectivity index (χ0v) is 19.2. The molecule has 14 heteroatoms. The molecule has 176 valence electrons. The lowest BCUT2D eigenvalue weighted by Crippen LogP contribution is -2.28. The molecule has 0 radical (unpaired) electrons. The van der Waals surface area contributed by atoms with Gasteiger partial charge >= 0.3 is 5.97 Å². The van der Waals surface area contributed by atoms with E-state index in [9.17, 15) is 27.2 Å². The van der Waals surface area contributed by atoms with Crippen LogP contribution in [0.25, 0.3) is 10.2 Å². The zero-order valence-electron chi connectivity index (χ0n) is 17.5. The third kappa shape index (κ3) is 6.55. The summed E-state index contributed by atoms with van der Waals surface area (Å²) in [6, 6.07) is 5.20. The number of anilines is 1. The number of sulfone groups is 1. The van der Waals surface area contributed by atoms with E-state index < -0.39 is 44.9 Å². The van der Waals surface area contributed by atoms with Crippen molar-refractivity contribution in [2.45, 2.75) is 20.4 Å². The third-order valence-corrected chi connectivity index (χ3v) is 6.48. The highest BCUT2D eigenvalue weighted by molar-refractivity contribution is 7.92. The summed E-state index contributed by atoms with van der Waals surface area (Å²) in [7, 11) is -4.16. The third-order valence-electron chi connectivity index (χ3n) is 4.05. The molecular weight excluding hydrogens is 479 g/mol. The Morgan fingerprint density at radius 1 is 1.27 bits per heavy atom. The van der Waals surface area contributed by atoms with Crippen LogP contribution in [0.3, 0.4) is 0 Å². The van der Waals surface area contributed by atoms with Crippen molar-refractivity contribution >= 4 is 55.0 Å². The number of fused-ring (bicyclic) bond motifs is 1. The van der Waals surface area contributed by atoms with Crippen LogP contribution in [0, 0.1) is 12.7 Å². The second-order valence-corrected chi connectivity index (χ2v) is 9.87. The molecular formula is C19H19FN4O7S2. The molecule has 0 spiro atoms. The summed E-state index contributed by atoms with van der Waals surface area (Å²) in [5, 5.41) is 5.78. The minimum Gasteiger partial charge on any atom is -0.465 e. The Morgan fingerprint density at radius 3 is 2.70 bits per heavy atom. The molecule has 33 heavy (non-hydrogen) atoms. The number of ether oxygens (including phenoxy) is 1. The van der Waals surface area contributed by atoms with E-state index in [-0.39, 0.29) is 23.8 Å². The predicted octanol–water partition coefficient (Wildman–Crippen LogP) is 1.18. The van der Waals surface area contributed by atoms with Crippen molar-refractivity contribution in [2.24, 2.45) is 4.99 Å². The number of halogens is 1. The Labute approximate surface area is 190 Å². The molecule has 0 bridgehead atoms. The molecule has 1 N–H and O–H groups in total. The van der Waals surface area contributed by atoms with Crippen molar-refractivity contribution in [3.05, 3.63) is 40.6 Å². The molecule has 2 amide bonds. The lowest BCUT2D eigenvalue weighted by atomic mass is 10.3. The fraction of sp³-hybridized carbons (Fsp3) is 0.316. The van der Waals surface area contributed by atoms with E-state index in [2.05, 4.69) is 15.5 Å². The Morgan fingerprint density at radius 2 is 2.03 bits per heavy atom. The van der Waals surface area contributed by atoms with Crippen LogP contribution in [0.4, 0.5) is 10.2 Å². The van der Waals surface area contributed by atoms with Gasteiger partial charge in [0.1, 0.15) is 29.6 Å². The fourth-order valence-electron chi connectivity index (χ4n) is 2.80. The number of nitrogens with zero attached hydrogens (tertiary/aromatic N) is 3. The van der Waals surface area contributed by atoms with E-state index in [0.717, 1.165) is 11.3 Å². The number of benzene rings is 1. The summed E-state index contributed by atoms with van der Waals surface area (Å²) in [5.41, 5.74) is 0.422. The number of nitrogens with one attached hydrogen (secondary N) is 1. The summed E-state index contributed by atoms with van der Waals surface area (Å²) >= 11 is 0.905. The predicted molar refractivity (Wildman–Crippen MR) is 115 cm³/mol. The van der Waals surface area contributed by atoms with Gasteiger partial charge in [0.25, 0.3) is 5.91 Å². The lowest BCUT2D eigenvalue weighted by Gasteiger charge is -2.05. The first-order chi connectivity index (χ1) is 15.6. The quantitative estimate of drug-likeness (QED) is 0.455. The first kappa shape index (κ1) is 24.3. The van der Waals surface area contributed by atoms with Crippen molar-refractivity contribution < 1.29 is 36.5 Å². The summed E-state index contributed by atoms with van der Waals surface area (Å²) in [5.74, 6) is -4.64. The number of rotatable bonds is 8. The highest BCUT2D eigenvalue weighted by Gasteiger charge is 2.22. The van der Waals surface area contributed by atoms with Gasteiger partial charge in [-0.3, -0.25) is 14.4 Å². The number of amides is 2. The van der Waals surface area contributed by atoms with Crippen molar-refractivity contribution in [1.29, 1.82) is 0 Å². The topological polar surface area (TPSA) is 150 Å². The molecule has 3 aromatic rings. The highest BCUT2D eigenvalue weighted by Crippen LogP contribution is 2.19. The maximum absolute atomic E-state index is 13.6. The van der Waals surface area contributed by atoms with Crippen LogP contribution in [0.5, 0.6) is 0 Å². The molecule has 0 saturated heterocycles. The molecule has 0 aliphatic rings. The second kappa shape index (κ2) is 10.0. The molecule has 11 nitrogen and oxygen atoms in total. The first-order valence-corrected chi connectivity index (χ1v) is 12.2. The summed E-state index contributed by atoms with van der Waals surface area (Å²) in [6.07, 6.45) is 0. The minimum atomic E-state index is -4.16. The van der Waals surface area contributed by atoms with Gasteiger partial charge in [0.2, 0.25) is 5.91 Å². The van der Waals surface area contributed by atoms with Crippen molar-refractivity contribution in [3.8, 4) is 0 Å². The van der Waals surface area contributed by atoms with Crippen LogP contribution in [-0.2, 0) is 35.5 Å². The van der Waals surface area contributed by atoms with Gasteiger partial charge in [0.15, 0.2) is 20.5 Å². The van der Waals surface area contributed by atoms with E-state index in [1.54, 1.807) is 13.8 Å². The van der Waals surface area contributed by atoms with E-state index in [1.807, 2.05) is 0 Å². The number of esters is 1. The molecule has 0 aliphatic carbocycles. The molecule has 2 heterocycles. The van der Waals surface area contributed by atoms with E-state index >= 15 is 0 Å². The maximum Gasteiger partial charge on any atom is 0.326 e. The van der Waals surface area contributed by atoms with Gasteiger partial charge in [-0.2, -0.15) is 4.99 Å². The summed E-state index contributed by atoms with van der Waals surface area (Å²) in [4.78, 5) is 40.1. The SMILES string of the molecule is CCOC(=O)Cn1c(=NC(=O)CS(=O)(=O)CC(=O)Nc2cc(C)on2)sc2cc(F)ccc21. The number of aromatic nitrogens is 2. The zero-order chi connectivity index (χ0) is 24.2. The van der Waals surface area contributed by atoms with Crippen molar-refractivity contribution in [3.63, 3.8) is 0 Å². The molecule has 0 aliphatic heterocycles. The van der Waals surface area contributed by atoms with Gasteiger partial charge in [-0.1, -0.05) is 16.5 Å². The Kier molecular flexibility index (Phi) is 7.38. The fourth-order valence-corrected chi connectivity index (χ4v) is 4.89. The van der Waals surface area contributed by atoms with Crippen LogP contribution in [-0.4, -0.2) is 54.0 Å². The average molecular weight is 499 g/mol. The lowest BCUT2D eigenvalue weighted by molar-refractivity contribution is -0.143. The standard InChI is InChI=1S/C19H19FN4O7S2/c1-3-30-18(27)8-24-13-5-4-12(20)7-14(13)32-19(24)22-17(26)10-33(28,29)9-16(25)21-15-6-11(2)31-23-15/h4-7H,3,8-10H2,1-2H3,(H,21,23,25). The molecule has 0 saturated carbocycles. The number of carbonyl (C=O) groups is 3. The minimum absolute atomic E-state index is 0.00798. The average Bonchev–Trinajstić information content (AvgIpc) is 3.23. The second-order valence-electron chi connectivity index (χ2n) is 6.80. The van der Waals surface area contributed by atoms with Crippen molar-refractivity contribution in [2.75, 3.05) is 23.4 Å². The Hall–Kier alpha value is -3.39. The maximum atomic E-state index is 13.6. The largest absolute Gasteiger partial charge is 0.465 e. The van der Waals surface area contributed by atoms with Gasteiger partial charge in [-0.15, -0.1) is 0 Å². The van der Waals surface area contributed by atoms with Crippen molar-refractivity contribution in [1.82, 2.24) is 9.72 Å². The van der Waals surface area contributed by atoms with Gasteiger partial charge < -0.3 is 19.1 Å². The summed E-state index contributed by atoms with van der Waals surface area (Å²) in [6.45, 7) is 3.05. The first-order valence-electron chi connectivity index (χ1n) is 9.52. The van der Waals surface area contributed by atoms with E-state index in [0.29, 0.717) is 16.0 Å². The number of aryl methyl sites for hydroxylation is 1. The van der Waals surface area contributed by atoms with E-state index in [4.69, 9.17) is 9.26 Å². The van der Waals surface area contributed by atoms with Gasteiger partial charge in [-0.05, 0) is 32.0 Å². The number of carbonyl (C=O) groups excluding carboxylic acids is 3. The molecule has 0 unspecified atom stereocenters. The number of thiazole rings is 1. The normalized spacial score (nSPS) is 12.2. The Balaban J connectivity index is 1.81. The summed E-state index contributed by atoms with van der Waals surface area (Å²) < 4.78 is 49.6. The smallest absolute Gasteiger partial charge is 0.326 e. The Bertz CT molecular complexity index is 1390. The molecule has 0 fully saturated rings. The molecule has 1 aromatic carbocycles. The van der Waals surface area contributed by atoms with Gasteiger partial charge in [0, 0.05) is 6.07 Å². The molecule has 2 aromatic heterocycles. The van der Waals surface area contributed by atoms with E-state index in [1.165, 1.54) is 28.8 Å². The van der Waals surface area contributed by atoms with Crippen LogP contribution in [0.15, 0.2) is 33.8 Å². The molecule has 0 atom stereocenters. The highest BCUT2D eigenvalue weighted by atomic mass is 32.2. The van der Waals surface area contributed by atoms with Gasteiger partial charge in [0.05, 0.1) is 16.8 Å². The van der Waals surface area contributed by atoms with Crippen LogP contribution in [0.1, 0.15) is 12.7 Å². The van der Waals surface area contributed by atoms with Crippen LogP contribution >= 0.6 is 11.3 Å².